The van der Waals surface area contributed by atoms with Gasteiger partial charge in [-0.1, -0.05) is 18.2 Å². The first-order valence-corrected chi connectivity index (χ1v) is 6.02. The third-order valence-electron chi connectivity index (χ3n) is 3.12. The van der Waals surface area contributed by atoms with E-state index in [2.05, 4.69) is 9.97 Å². The van der Waals surface area contributed by atoms with Gasteiger partial charge in [-0.3, -0.25) is 4.79 Å². The molecule has 1 heterocycles. The Hall–Kier alpha value is -2.62. The molecule has 0 spiro atoms. The molecule has 0 atom stereocenters. The van der Waals surface area contributed by atoms with Gasteiger partial charge in [0.25, 0.3) is 5.91 Å². The molecule has 1 amide bonds. The molecule has 3 aromatic rings. The van der Waals surface area contributed by atoms with Crippen LogP contribution in [0.5, 0.6) is 0 Å². The largest absolute Gasteiger partial charge is 0.345 e. The highest BCUT2D eigenvalue weighted by atomic mass is 16.2. The normalized spacial score (nSPS) is 10.6. The quantitative estimate of drug-likeness (QED) is 0.761. The summed E-state index contributed by atoms with van der Waals surface area (Å²) in [6.45, 7) is 0. The predicted octanol–water partition coefficient (Wildman–Crippen LogP) is 2.84. The lowest BCUT2D eigenvalue weighted by Gasteiger charge is -2.17. The van der Waals surface area contributed by atoms with Gasteiger partial charge >= 0.3 is 0 Å². The number of benzene rings is 2. The van der Waals surface area contributed by atoms with E-state index in [0.29, 0.717) is 5.56 Å². The average molecular weight is 251 g/mol. The van der Waals surface area contributed by atoms with Crippen molar-refractivity contribution in [2.24, 2.45) is 0 Å². The SMILES string of the molecule is CN(C(=O)c1ccc2nc[nH]c2c1)c1ccccc1. The highest BCUT2D eigenvalue weighted by Gasteiger charge is 2.13. The van der Waals surface area contributed by atoms with Crippen LogP contribution in [0.4, 0.5) is 5.69 Å². The van der Waals surface area contributed by atoms with Gasteiger partial charge in [0.15, 0.2) is 0 Å². The van der Waals surface area contributed by atoms with Crippen molar-refractivity contribution in [1.29, 1.82) is 0 Å². The molecule has 0 aliphatic carbocycles. The van der Waals surface area contributed by atoms with E-state index < -0.39 is 0 Å². The monoisotopic (exact) mass is 251 g/mol. The van der Waals surface area contributed by atoms with Gasteiger partial charge in [-0.15, -0.1) is 0 Å². The fraction of sp³-hybridized carbons (Fsp3) is 0.0667. The van der Waals surface area contributed by atoms with Crippen LogP contribution in [0.25, 0.3) is 11.0 Å². The Kier molecular flexibility index (Phi) is 2.76. The molecule has 0 saturated heterocycles. The third kappa shape index (κ3) is 2.08. The zero-order valence-corrected chi connectivity index (χ0v) is 10.5. The van der Waals surface area contributed by atoms with E-state index in [0.717, 1.165) is 16.7 Å². The predicted molar refractivity (Wildman–Crippen MR) is 75.3 cm³/mol. The molecular formula is C15H13N3O. The number of carbonyl (C=O) groups excluding carboxylic acids is 1. The van der Waals surface area contributed by atoms with Crippen molar-refractivity contribution < 1.29 is 4.79 Å². The number of aromatic amines is 1. The molecule has 1 aromatic heterocycles. The maximum atomic E-state index is 12.4. The fourth-order valence-electron chi connectivity index (χ4n) is 2.03. The molecular weight excluding hydrogens is 238 g/mol. The molecule has 0 unspecified atom stereocenters. The summed E-state index contributed by atoms with van der Waals surface area (Å²) in [5.74, 6) is -0.0392. The summed E-state index contributed by atoms with van der Waals surface area (Å²) in [7, 11) is 1.77. The van der Waals surface area contributed by atoms with Crippen molar-refractivity contribution in [2.75, 3.05) is 11.9 Å². The Morgan fingerprint density at radius 3 is 2.74 bits per heavy atom. The second-order valence-corrected chi connectivity index (χ2v) is 4.33. The van der Waals surface area contributed by atoms with Crippen LogP contribution in [-0.4, -0.2) is 22.9 Å². The minimum atomic E-state index is -0.0392. The Balaban J connectivity index is 1.95. The highest BCUT2D eigenvalue weighted by Crippen LogP contribution is 2.17. The smallest absolute Gasteiger partial charge is 0.258 e. The van der Waals surface area contributed by atoms with Gasteiger partial charge in [0.2, 0.25) is 0 Å². The minimum Gasteiger partial charge on any atom is -0.345 e. The summed E-state index contributed by atoms with van der Waals surface area (Å²) in [5, 5.41) is 0. The van der Waals surface area contributed by atoms with E-state index in [1.807, 2.05) is 42.5 Å². The molecule has 4 nitrogen and oxygen atoms in total. The van der Waals surface area contributed by atoms with E-state index >= 15 is 0 Å². The van der Waals surface area contributed by atoms with E-state index in [9.17, 15) is 4.79 Å². The number of amides is 1. The summed E-state index contributed by atoms with van der Waals surface area (Å²) in [6, 6.07) is 15.0. The van der Waals surface area contributed by atoms with Crippen molar-refractivity contribution >= 4 is 22.6 Å². The maximum Gasteiger partial charge on any atom is 0.258 e. The van der Waals surface area contributed by atoms with Crippen molar-refractivity contribution in [1.82, 2.24) is 9.97 Å². The van der Waals surface area contributed by atoms with Crippen LogP contribution in [-0.2, 0) is 0 Å². The standard InChI is InChI=1S/C15H13N3O/c1-18(12-5-3-2-4-6-12)15(19)11-7-8-13-14(9-11)17-10-16-13/h2-10H,1H3,(H,16,17). The van der Waals surface area contributed by atoms with E-state index in [4.69, 9.17) is 0 Å². The first-order chi connectivity index (χ1) is 9.25. The molecule has 0 bridgehead atoms. The summed E-state index contributed by atoms with van der Waals surface area (Å²) in [6.07, 6.45) is 1.62. The molecule has 2 aromatic carbocycles. The van der Waals surface area contributed by atoms with Crippen molar-refractivity contribution in [2.45, 2.75) is 0 Å². The minimum absolute atomic E-state index is 0.0392. The lowest BCUT2D eigenvalue weighted by molar-refractivity contribution is 0.0993. The van der Waals surface area contributed by atoms with Crippen molar-refractivity contribution in [3.63, 3.8) is 0 Å². The number of anilines is 1. The van der Waals surface area contributed by atoms with Crippen LogP contribution < -0.4 is 4.90 Å². The number of nitrogens with zero attached hydrogens (tertiary/aromatic N) is 2. The van der Waals surface area contributed by atoms with E-state index in [1.165, 1.54) is 0 Å². The number of para-hydroxylation sites is 1. The number of aromatic nitrogens is 2. The van der Waals surface area contributed by atoms with Gasteiger partial charge in [0.05, 0.1) is 17.4 Å². The van der Waals surface area contributed by atoms with Gasteiger partial charge in [0, 0.05) is 18.3 Å². The Bertz CT molecular complexity index is 718. The second-order valence-electron chi connectivity index (χ2n) is 4.33. The zero-order chi connectivity index (χ0) is 13.2. The van der Waals surface area contributed by atoms with Crippen LogP contribution in [0.1, 0.15) is 10.4 Å². The zero-order valence-electron chi connectivity index (χ0n) is 10.5. The summed E-state index contributed by atoms with van der Waals surface area (Å²) >= 11 is 0. The van der Waals surface area contributed by atoms with E-state index in [1.54, 1.807) is 24.3 Å². The summed E-state index contributed by atoms with van der Waals surface area (Å²) in [4.78, 5) is 21.2. The lowest BCUT2D eigenvalue weighted by atomic mass is 10.1. The molecule has 4 heteroatoms. The number of hydrogen-bond donors (Lipinski definition) is 1. The first-order valence-electron chi connectivity index (χ1n) is 6.02. The van der Waals surface area contributed by atoms with Gasteiger partial charge in [-0.2, -0.15) is 0 Å². The maximum absolute atomic E-state index is 12.4. The molecule has 3 rings (SSSR count). The molecule has 1 N–H and O–H groups in total. The fourth-order valence-corrected chi connectivity index (χ4v) is 2.03. The summed E-state index contributed by atoms with van der Waals surface area (Å²) < 4.78 is 0. The lowest BCUT2D eigenvalue weighted by Crippen LogP contribution is -2.26. The molecule has 0 saturated carbocycles. The highest BCUT2D eigenvalue weighted by molar-refractivity contribution is 6.07. The number of nitrogens with one attached hydrogen (secondary N) is 1. The molecule has 0 radical (unpaired) electrons. The Morgan fingerprint density at radius 2 is 1.95 bits per heavy atom. The first kappa shape index (κ1) is 11.5. The molecule has 0 aliphatic heterocycles. The van der Waals surface area contributed by atoms with Crippen LogP contribution >= 0.6 is 0 Å². The van der Waals surface area contributed by atoms with E-state index in [-0.39, 0.29) is 5.91 Å². The van der Waals surface area contributed by atoms with Crippen LogP contribution in [0.3, 0.4) is 0 Å². The van der Waals surface area contributed by atoms with Crippen molar-refractivity contribution in [3.05, 3.63) is 60.4 Å². The van der Waals surface area contributed by atoms with Crippen LogP contribution in [0.2, 0.25) is 0 Å². The Morgan fingerprint density at radius 1 is 1.16 bits per heavy atom. The number of imidazole rings is 1. The van der Waals surface area contributed by atoms with Crippen LogP contribution in [0.15, 0.2) is 54.9 Å². The number of carbonyl (C=O) groups is 1. The number of fused-ring (bicyclic) bond motifs is 1. The van der Waals surface area contributed by atoms with Gasteiger partial charge in [-0.25, -0.2) is 4.98 Å². The Labute approximate surface area is 110 Å². The van der Waals surface area contributed by atoms with Gasteiger partial charge in [-0.05, 0) is 30.3 Å². The number of hydrogen-bond acceptors (Lipinski definition) is 2. The van der Waals surface area contributed by atoms with Crippen molar-refractivity contribution in [3.8, 4) is 0 Å². The average Bonchev–Trinajstić information content (AvgIpc) is 2.94. The molecule has 0 aliphatic rings. The molecule has 0 fully saturated rings. The van der Waals surface area contributed by atoms with Gasteiger partial charge in [0.1, 0.15) is 0 Å². The number of rotatable bonds is 2. The third-order valence-corrected chi connectivity index (χ3v) is 3.12. The summed E-state index contributed by atoms with van der Waals surface area (Å²) in [5.41, 5.74) is 3.24. The molecule has 19 heavy (non-hydrogen) atoms. The number of H-pyrrole nitrogens is 1. The van der Waals surface area contributed by atoms with Crippen LogP contribution in [0, 0.1) is 0 Å². The molecule has 94 valence electrons. The second kappa shape index (κ2) is 4.57. The topological polar surface area (TPSA) is 49.0 Å². The van der Waals surface area contributed by atoms with Gasteiger partial charge < -0.3 is 9.88 Å².